The third-order valence-corrected chi connectivity index (χ3v) is 10.1. The number of hydrogen-bond donors (Lipinski definition) is 3. The summed E-state index contributed by atoms with van der Waals surface area (Å²) in [7, 11) is -0.717. The number of ether oxygens (including phenoxy) is 2. The number of amides is 3. The fourth-order valence-electron chi connectivity index (χ4n) is 5.43. The number of aromatic nitrogens is 3. The maximum Gasteiger partial charge on any atom is 0.323 e. The van der Waals surface area contributed by atoms with Crippen LogP contribution in [0.25, 0.3) is 0 Å². The van der Waals surface area contributed by atoms with Crippen molar-refractivity contribution in [3.05, 3.63) is 47.7 Å². The molecule has 0 unspecified atom stereocenters. The summed E-state index contributed by atoms with van der Waals surface area (Å²) in [4.78, 5) is 32.8. The number of benzene rings is 1. The Labute approximate surface area is 281 Å². The average molecular weight is 690 g/mol. The van der Waals surface area contributed by atoms with E-state index in [1.807, 2.05) is 13.8 Å². The van der Waals surface area contributed by atoms with Crippen LogP contribution < -0.4 is 15.4 Å². The first-order valence-electron chi connectivity index (χ1n) is 16.0. The van der Waals surface area contributed by atoms with Crippen molar-refractivity contribution in [3.63, 3.8) is 0 Å². The highest BCUT2D eigenvalue weighted by Crippen LogP contribution is 2.29. The lowest BCUT2D eigenvalue weighted by atomic mass is 10.0. The number of sulfonamides is 1. The molecule has 1 aromatic carbocycles. The van der Waals surface area contributed by atoms with Crippen molar-refractivity contribution in [2.24, 2.45) is 13.0 Å². The number of aliphatic hydroxyl groups excluding tert-OH is 1. The maximum atomic E-state index is 14.3. The topological polar surface area (TPSA) is 181 Å². The fourth-order valence-corrected chi connectivity index (χ4v) is 6.58. The Hall–Kier alpha value is -3.99. The average Bonchev–Trinajstić information content (AvgIpc) is 3.63. The van der Waals surface area contributed by atoms with Gasteiger partial charge in [0.15, 0.2) is 10.8 Å². The second kappa shape index (κ2) is 15.9. The highest BCUT2D eigenvalue weighted by atomic mass is 32.2. The Kier molecular flexibility index (Phi) is 12.2. The number of hydrogen-bond acceptors (Lipinski definition) is 10. The van der Waals surface area contributed by atoms with Crippen molar-refractivity contribution in [2.75, 3.05) is 44.0 Å². The van der Waals surface area contributed by atoms with E-state index in [1.165, 1.54) is 28.8 Å². The largest absolute Gasteiger partial charge is 0.490 e. The lowest BCUT2D eigenvalue weighted by molar-refractivity contribution is -0.00835. The van der Waals surface area contributed by atoms with Crippen LogP contribution in [0.1, 0.15) is 61.8 Å². The molecule has 2 aromatic heterocycles. The van der Waals surface area contributed by atoms with Gasteiger partial charge < -0.3 is 39.2 Å². The number of carbonyl (C=O) groups excluding carboxylic acids is 2. The standard InChI is InChI=1S/C32H47N7O8S/c1-20-15-39(21(2)18-40)31(41)26-14-25(34-32(42)35-30-23(4)36-47-24(30)5)11-12-27(26)46-22(3)10-8-9-13-45-28(20)16-38(7)48(43,44)29-17-37(6)19-33-29/h11-12,14,17,19-22,28,40H,8-10,13,15-16,18H2,1-7H3,(H2,34,35,42)/t20-,21+,22+,28+/m1/s1. The molecule has 0 spiro atoms. The quantitative estimate of drug-likeness (QED) is 0.315. The number of imidazole rings is 1. The number of aryl methyl sites for hydroxylation is 3. The number of fused-ring (bicyclic) bond motifs is 1. The molecule has 1 aliphatic rings. The van der Waals surface area contributed by atoms with Crippen LogP contribution >= 0.6 is 0 Å². The minimum atomic E-state index is -3.89. The van der Waals surface area contributed by atoms with Crippen molar-refractivity contribution >= 4 is 33.3 Å². The smallest absolute Gasteiger partial charge is 0.323 e. The number of nitrogens with zero attached hydrogens (tertiary/aromatic N) is 5. The van der Waals surface area contributed by atoms with E-state index < -0.39 is 34.1 Å². The van der Waals surface area contributed by atoms with Gasteiger partial charge in [0.25, 0.3) is 15.9 Å². The van der Waals surface area contributed by atoms with Crippen LogP contribution in [0.4, 0.5) is 16.2 Å². The number of likely N-dealkylation sites (N-methyl/N-ethyl adjacent to an activating group) is 1. The molecule has 3 amide bonds. The van der Waals surface area contributed by atoms with Crippen LogP contribution in [0.2, 0.25) is 0 Å². The molecule has 0 saturated heterocycles. The molecule has 0 radical (unpaired) electrons. The number of aliphatic hydroxyl groups is 1. The number of carbonyl (C=O) groups is 2. The zero-order valence-corrected chi connectivity index (χ0v) is 29.4. The highest BCUT2D eigenvalue weighted by Gasteiger charge is 2.33. The molecule has 1 aliphatic heterocycles. The van der Waals surface area contributed by atoms with Gasteiger partial charge >= 0.3 is 6.03 Å². The lowest BCUT2D eigenvalue weighted by Crippen LogP contribution is -2.48. The minimum Gasteiger partial charge on any atom is -0.490 e. The molecule has 4 atom stereocenters. The SMILES string of the molecule is Cc1noc(C)c1NC(=O)Nc1ccc2c(c1)C(=O)N([C@@H](C)CO)C[C@@H](C)[C@H](CN(C)S(=O)(=O)c1cn(C)cn1)OCCCC[C@H](C)O2. The van der Waals surface area contributed by atoms with Crippen LogP contribution in [0.15, 0.2) is 40.3 Å². The predicted octanol–water partition coefficient (Wildman–Crippen LogP) is 3.79. The predicted molar refractivity (Wildman–Crippen MR) is 179 cm³/mol. The van der Waals surface area contributed by atoms with Crippen LogP contribution in [0.3, 0.4) is 0 Å². The first-order valence-corrected chi connectivity index (χ1v) is 17.4. The molecule has 264 valence electrons. The third kappa shape index (κ3) is 8.92. The van der Waals surface area contributed by atoms with E-state index in [2.05, 4.69) is 20.8 Å². The van der Waals surface area contributed by atoms with Gasteiger partial charge in [-0.3, -0.25) is 4.79 Å². The first kappa shape index (κ1) is 36.8. The maximum absolute atomic E-state index is 14.3. The molecule has 3 heterocycles. The van der Waals surface area contributed by atoms with Gasteiger partial charge in [0.05, 0.1) is 36.7 Å². The van der Waals surface area contributed by atoms with Crippen molar-refractivity contribution in [2.45, 2.75) is 77.2 Å². The van der Waals surface area contributed by atoms with E-state index in [-0.39, 0.29) is 42.3 Å². The molecule has 48 heavy (non-hydrogen) atoms. The van der Waals surface area contributed by atoms with Crippen LogP contribution in [-0.2, 0) is 21.8 Å². The molecule has 3 N–H and O–H groups in total. The summed E-state index contributed by atoms with van der Waals surface area (Å²) in [6.45, 7) is 9.17. The van der Waals surface area contributed by atoms with Crippen molar-refractivity contribution in [1.29, 1.82) is 0 Å². The monoisotopic (exact) mass is 689 g/mol. The number of nitrogens with one attached hydrogen (secondary N) is 2. The van der Waals surface area contributed by atoms with Gasteiger partial charge in [-0.1, -0.05) is 12.1 Å². The Bertz CT molecular complexity index is 1650. The Morgan fingerprint density at radius 2 is 1.96 bits per heavy atom. The lowest BCUT2D eigenvalue weighted by Gasteiger charge is -2.35. The molecule has 0 fully saturated rings. The third-order valence-electron chi connectivity index (χ3n) is 8.37. The fraction of sp³-hybridized carbons (Fsp3) is 0.562. The summed E-state index contributed by atoms with van der Waals surface area (Å²) in [5.41, 5.74) is 1.52. The zero-order valence-electron chi connectivity index (χ0n) is 28.6. The van der Waals surface area contributed by atoms with Gasteiger partial charge in [0, 0.05) is 51.6 Å². The van der Waals surface area contributed by atoms with Gasteiger partial charge in [-0.15, -0.1) is 0 Å². The Morgan fingerprint density at radius 1 is 1.21 bits per heavy atom. The molecule has 15 nitrogen and oxygen atoms in total. The number of urea groups is 1. The Morgan fingerprint density at radius 3 is 2.60 bits per heavy atom. The molecular formula is C32H47N7O8S. The van der Waals surface area contributed by atoms with E-state index in [1.54, 1.807) is 50.6 Å². The van der Waals surface area contributed by atoms with Gasteiger partial charge in [-0.2, -0.15) is 4.31 Å². The van der Waals surface area contributed by atoms with E-state index >= 15 is 0 Å². The molecule has 3 aromatic rings. The van der Waals surface area contributed by atoms with E-state index in [0.29, 0.717) is 41.6 Å². The van der Waals surface area contributed by atoms with Crippen LogP contribution in [0.5, 0.6) is 5.75 Å². The molecule has 4 rings (SSSR count). The normalized spacial score (nSPS) is 20.5. The minimum absolute atomic E-state index is 0.0278. The van der Waals surface area contributed by atoms with E-state index in [9.17, 15) is 23.1 Å². The molecule has 0 bridgehead atoms. The summed E-state index contributed by atoms with van der Waals surface area (Å²) in [6, 6.07) is 3.69. The van der Waals surface area contributed by atoms with Crippen molar-refractivity contribution < 1.29 is 37.1 Å². The van der Waals surface area contributed by atoms with Gasteiger partial charge in [0.1, 0.15) is 17.1 Å². The summed E-state index contributed by atoms with van der Waals surface area (Å²) in [5, 5.41) is 19.5. The zero-order chi connectivity index (χ0) is 35.2. The first-order chi connectivity index (χ1) is 22.7. The number of rotatable bonds is 8. The molecular weight excluding hydrogens is 642 g/mol. The Balaban J connectivity index is 1.63. The second-order valence-electron chi connectivity index (χ2n) is 12.5. The van der Waals surface area contributed by atoms with E-state index in [4.69, 9.17) is 14.0 Å². The van der Waals surface area contributed by atoms with E-state index in [0.717, 1.165) is 12.8 Å². The molecule has 0 saturated carbocycles. The van der Waals surface area contributed by atoms with Gasteiger partial charge in [-0.25, -0.2) is 18.2 Å². The molecule has 16 heteroatoms. The van der Waals surface area contributed by atoms with Crippen molar-refractivity contribution in [1.82, 2.24) is 23.9 Å². The van der Waals surface area contributed by atoms with Crippen LogP contribution in [0, 0.1) is 19.8 Å². The summed E-state index contributed by atoms with van der Waals surface area (Å²) < 4.78 is 47.1. The van der Waals surface area contributed by atoms with Crippen molar-refractivity contribution in [3.8, 4) is 5.75 Å². The van der Waals surface area contributed by atoms with Gasteiger partial charge in [-0.05, 0) is 65.2 Å². The van der Waals surface area contributed by atoms with Gasteiger partial charge in [0.2, 0.25) is 0 Å². The van der Waals surface area contributed by atoms with Crippen LogP contribution in [-0.4, -0.2) is 101 Å². The molecule has 0 aliphatic carbocycles. The summed E-state index contributed by atoms with van der Waals surface area (Å²) in [5.74, 6) is 0.0244. The highest BCUT2D eigenvalue weighted by molar-refractivity contribution is 7.89. The summed E-state index contributed by atoms with van der Waals surface area (Å²) >= 11 is 0. The second-order valence-corrected chi connectivity index (χ2v) is 14.4. The number of anilines is 2. The summed E-state index contributed by atoms with van der Waals surface area (Å²) in [6.07, 6.45) is 4.23.